The van der Waals surface area contributed by atoms with Gasteiger partial charge in [-0.1, -0.05) is 13.2 Å². The van der Waals surface area contributed by atoms with Crippen molar-refractivity contribution in [3.8, 4) is 0 Å². The van der Waals surface area contributed by atoms with Crippen LogP contribution in [0.25, 0.3) is 0 Å². The molecule has 0 rings (SSSR count). The molecule has 8 heteroatoms. The van der Waals surface area contributed by atoms with Gasteiger partial charge in [-0.15, -0.1) is 0 Å². The van der Waals surface area contributed by atoms with Gasteiger partial charge < -0.3 is 23.4 Å². The molecule has 0 aromatic carbocycles. The first-order valence-corrected chi connectivity index (χ1v) is 8.77. The Bertz CT molecular complexity index is 313. The van der Waals surface area contributed by atoms with Crippen molar-refractivity contribution >= 4 is 15.7 Å². The van der Waals surface area contributed by atoms with Gasteiger partial charge in [-0.2, -0.15) is 0 Å². The topological polar surface area (TPSA) is 77.1 Å². The van der Waals surface area contributed by atoms with Gasteiger partial charge in [0.2, 0.25) is 0 Å². The van der Waals surface area contributed by atoms with Crippen molar-refractivity contribution in [2.75, 3.05) is 13.2 Å². The van der Waals surface area contributed by atoms with Crippen molar-refractivity contribution in [3.05, 3.63) is 0 Å². The summed E-state index contributed by atoms with van der Waals surface area (Å²) in [6, 6.07) is 0. The second-order valence-electron chi connectivity index (χ2n) is 5.30. The fourth-order valence-corrected chi connectivity index (χ4v) is 2.39. The van der Waals surface area contributed by atoms with E-state index in [1.165, 1.54) is 0 Å². The Morgan fingerprint density at radius 2 is 1.71 bits per heavy atom. The summed E-state index contributed by atoms with van der Waals surface area (Å²) in [4.78, 5) is 11.8. The molecule has 0 amide bonds. The molecular formula is C13H27BO6P-. The minimum absolute atomic E-state index is 0.00161. The minimum atomic E-state index is -4.43. The van der Waals surface area contributed by atoms with E-state index in [4.69, 9.17) is 26.4 Å². The van der Waals surface area contributed by atoms with Crippen LogP contribution >= 0.6 is 7.82 Å². The third kappa shape index (κ3) is 11.3. The number of phosphoric ester groups is 1. The molecule has 0 saturated carbocycles. The highest BCUT2D eigenvalue weighted by atomic mass is 31.2. The number of ether oxygens (including phenoxy) is 2. The largest absolute Gasteiger partial charge is 0.756 e. The van der Waals surface area contributed by atoms with Crippen LogP contribution in [0.5, 0.6) is 0 Å². The van der Waals surface area contributed by atoms with Crippen molar-refractivity contribution in [3.63, 3.8) is 0 Å². The molecule has 0 saturated heterocycles. The monoisotopic (exact) mass is 321 g/mol. The molecule has 0 N–H and O–H groups in total. The molecule has 0 spiro atoms. The van der Waals surface area contributed by atoms with Crippen LogP contribution in [0, 0.1) is 0 Å². The fourth-order valence-electron chi connectivity index (χ4n) is 1.47. The Kier molecular flexibility index (Phi) is 10.8. The van der Waals surface area contributed by atoms with Gasteiger partial charge in [-0.25, -0.2) is 0 Å². The van der Waals surface area contributed by atoms with E-state index in [1.807, 2.05) is 34.6 Å². The first kappa shape index (κ1) is 21.1. The molecule has 0 bridgehead atoms. The van der Waals surface area contributed by atoms with Crippen molar-refractivity contribution in [1.82, 2.24) is 0 Å². The number of hydrogen-bond acceptors (Lipinski definition) is 6. The molecule has 21 heavy (non-hydrogen) atoms. The quantitative estimate of drug-likeness (QED) is 0.404. The maximum Gasteiger partial charge on any atom is 0.268 e. The highest BCUT2D eigenvalue weighted by Gasteiger charge is 2.20. The van der Waals surface area contributed by atoms with E-state index in [2.05, 4.69) is 0 Å². The second kappa shape index (κ2) is 10.8. The third-order valence-corrected chi connectivity index (χ3v) is 3.52. The molecule has 0 aromatic rings. The van der Waals surface area contributed by atoms with E-state index in [9.17, 15) is 9.46 Å². The summed E-state index contributed by atoms with van der Waals surface area (Å²) in [5, 5.41) is 0. The van der Waals surface area contributed by atoms with Crippen molar-refractivity contribution < 1.29 is 28.0 Å². The molecule has 0 fully saturated rings. The standard InChI is InChI=1S/C13H28BO6P/c1-6-12(19-11(4)5)9-18-21(15,16)20-13(7-14)8-17-10(2)3/h10-13H,6-9H2,1-5H3,(H,15,16)/p-1/t12-,13-/m1/s1. The molecule has 3 atom stereocenters. The van der Waals surface area contributed by atoms with E-state index >= 15 is 0 Å². The lowest BCUT2D eigenvalue weighted by atomic mass is 10.0. The Balaban J connectivity index is 4.29. The Morgan fingerprint density at radius 1 is 1.10 bits per heavy atom. The van der Waals surface area contributed by atoms with Crippen LogP contribution in [0.15, 0.2) is 0 Å². The van der Waals surface area contributed by atoms with E-state index in [-0.39, 0.29) is 37.8 Å². The number of phosphoric acid groups is 1. The SMILES string of the molecule is [B]C[C@H](COC(C)C)OP(=O)([O-])OC[C@@H](CC)OC(C)C. The molecule has 0 aromatic heterocycles. The predicted octanol–water partition coefficient (Wildman–Crippen LogP) is 2.07. The van der Waals surface area contributed by atoms with Crippen molar-refractivity contribution in [2.24, 2.45) is 0 Å². The zero-order chi connectivity index (χ0) is 16.5. The molecule has 2 radical (unpaired) electrons. The summed E-state index contributed by atoms with van der Waals surface area (Å²) >= 11 is 0. The lowest BCUT2D eigenvalue weighted by molar-refractivity contribution is -0.233. The molecule has 6 nitrogen and oxygen atoms in total. The lowest BCUT2D eigenvalue weighted by Gasteiger charge is -2.30. The summed E-state index contributed by atoms with van der Waals surface area (Å²) in [6.07, 6.45) is -0.391. The third-order valence-electron chi connectivity index (χ3n) is 2.50. The van der Waals surface area contributed by atoms with E-state index in [1.54, 1.807) is 0 Å². The molecule has 124 valence electrons. The van der Waals surface area contributed by atoms with Gasteiger partial charge in [0.15, 0.2) is 0 Å². The fraction of sp³-hybridized carbons (Fsp3) is 1.00. The van der Waals surface area contributed by atoms with Gasteiger partial charge in [0.25, 0.3) is 7.82 Å². The van der Waals surface area contributed by atoms with E-state index < -0.39 is 13.9 Å². The zero-order valence-corrected chi connectivity index (χ0v) is 14.5. The Morgan fingerprint density at radius 3 is 2.14 bits per heavy atom. The Hall–Kier alpha value is 0.0949. The van der Waals surface area contributed by atoms with Crippen LogP contribution in [0.4, 0.5) is 0 Å². The summed E-state index contributed by atoms with van der Waals surface area (Å²) < 4.78 is 32.4. The number of rotatable bonds is 12. The van der Waals surface area contributed by atoms with Gasteiger partial charge in [0.1, 0.15) is 0 Å². The van der Waals surface area contributed by atoms with Crippen LogP contribution in [0.1, 0.15) is 41.0 Å². The maximum absolute atomic E-state index is 11.8. The van der Waals surface area contributed by atoms with Gasteiger partial charge in [0.05, 0.1) is 45.5 Å². The summed E-state index contributed by atoms with van der Waals surface area (Å²) in [7, 11) is 1.04. The number of hydrogen-bond donors (Lipinski definition) is 0. The molecule has 0 aliphatic carbocycles. The highest BCUT2D eigenvalue weighted by molar-refractivity contribution is 7.45. The summed E-state index contributed by atoms with van der Waals surface area (Å²) in [5.41, 5.74) is 0. The molecule has 0 aliphatic rings. The molecule has 0 heterocycles. The van der Waals surface area contributed by atoms with E-state index in [0.29, 0.717) is 6.42 Å². The zero-order valence-electron chi connectivity index (χ0n) is 13.6. The van der Waals surface area contributed by atoms with Crippen LogP contribution in [0.3, 0.4) is 0 Å². The molecule has 0 aliphatic heterocycles. The van der Waals surface area contributed by atoms with Gasteiger partial charge in [-0.3, -0.25) is 4.57 Å². The predicted molar refractivity (Wildman–Crippen MR) is 80.4 cm³/mol. The Labute approximate surface area is 129 Å². The minimum Gasteiger partial charge on any atom is -0.756 e. The van der Waals surface area contributed by atoms with Crippen LogP contribution in [0.2, 0.25) is 6.32 Å². The lowest BCUT2D eigenvalue weighted by Crippen LogP contribution is -2.27. The maximum atomic E-state index is 11.8. The second-order valence-corrected chi connectivity index (χ2v) is 6.67. The van der Waals surface area contributed by atoms with Gasteiger partial charge in [0, 0.05) is 0 Å². The van der Waals surface area contributed by atoms with E-state index in [0.717, 1.165) is 0 Å². The van der Waals surface area contributed by atoms with Gasteiger partial charge in [-0.05, 0) is 34.1 Å². The average molecular weight is 321 g/mol. The molecule has 1 unspecified atom stereocenters. The smallest absolute Gasteiger partial charge is 0.268 e. The summed E-state index contributed by atoms with van der Waals surface area (Å²) in [6.45, 7) is 9.37. The van der Waals surface area contributed by atoms with Crippen LogP contribution in [-0.2, 0) is 23.1 Å². The molecular weight excluding hydrogens is 294 g/mol. The first-order chi connectivity index (χ1) is 9.70. The van der Waals surface area contributed by atoms with Crippen LogP contribution in [-0.4, -0.2) is 45.5 Å². The average Bonchev–Trinajstić information content (AvgIpc) is 2.38. The van der Waals surface area contributed by atoms with Crippen molar-refractivity contribution in [2.45, 2.75) is 71.8 Å². The van der Waals surface area contributed by atoms with Gasteiger partial charge >= 0.3 is 0 Å². The normalized spacial score (nSPS) is 17.9. The summed E-state index contributed by atoms with van der Waals surface area (Å²) in [5.74, 6) is 0. The van der Waals surface area contributed by atoms with Crippen LogP contribution < -0.4 is 4.89 Å². The highest BCUT2D eigenvalue weighted by Crippen LogP contribution is 2.40. The van der Waals surface area contributed by atoms with Crippen molar-refractivity contribution in [1.29, 1.82) is 0 Å². The first-order valence-electron chi connectivity index (χ1n) is 7.31.